The van der Waals surface area contributed by atoms with Crippen molar-refractivity contribution in [3.63, 3.8) is 0 Å². The number of nitrogens with zero attached hydrogens (tertiary/aromatic N) is 2. The van der Waals surface area contributed by atoms with Crippen LogP contribution in [0, 0.1) is 19.7 Å². The Labute approximate surface area is 199 Å². The van der Waals surface area contributed by atoms with E-state index in [9.17, 15) is 14.0 Å². The highest BCUT2D eigenvalue weighted by molar-refractivity contribution is 7.11. The zero-order valence-electron chi connectivity index (χ0n) is 19.7. The molecule has 0 N–H and O–H groups in total. The topological polar surface area (TPSA) is 40.6 Å². The lowest BCUT2D eigenvalue weighted by atomic mass is 10.1. The fourth-order valence-electron chi connectivity index (χ4n) is 3.56. The van der Waals surface area contributed by atoms with Gasteiger partial charge in [-0.2, -0.15) is 0 Å². The molecular weight excluding hydrogens is 435 g/mol. The number of thiophene rings is 1. The van der Waals surface area contributed by atoms with Crippen molar-refractivity contribution in [1.29, 1.82) is 0 Å². The van der Waals surface area contributed by atoms with E-state index in [-0.39, 0.29) is 30.2 Å². The second-order valence-corrected chi connectivity index (χ2v) is 9.82. The molecule has 0 aliphatic carbocycles. The molecule has 0 fully saturated rings. The van der Waals surface area contributed by atoms with Gasteiger partial charge in [-0.15, -0.1) is 11.3 Å². The van der Waals surface area contributed by atoms with E-state index in [0.717, 1.165) is 22.4 Å². The average molecular weight is 467 g/mol. The Kier molecular flexibility index (Phi) is 8.39. The van der Waals surface area contributed by atoms with Crippen LogP contribution in [0.3, 0.4) is 0 Å². The Morgan fingerprint density at radius 2 is 1.61 bits per heavy atom. The van der Waals surface area contributed by atoms with Crippen LogP contribution < -0.4 is 0 Å². The molecule has 0 saturated carbocycles. The number of carbonyl (C=O) groups is 2. The van der Waals surface area contributed by atoms with Crippen LogP contribution in [0.2, 0.25) is 0 Å². The molecule has 0 bridgehead atoms. The second kappa shape index (κ2) is 11.2. The van der Waals surface area contributed by atoms with Crippen molar-refractivity contribution in [2.75, 3.05) is 6.54 Å². The molecule has 2 aromatic carbocycles. The maximum Gasteiger partial charge on any atom is 0.254 e. The molecule has 174 valence electrons. The first-order chi connectivity index (χ1) is 15.8. The van der Waals surface area contributed by atoms with E-state index in [4.69, 9.17) is 0 Å². The minimum absolute atomic E-state index is 0.00668. The molecule has 0 radical (unpaired) electrons. The van der Waals surface area contributed by atoms with Gasteiger partial charge in [-0.25, -0.2) is 4.39 Å². The summed E-state index contributed by atoms with van der Waals surface area (Å²) in [5.74, 6) is -0.588. The number of hydrogen-bond acceptors (Lipinski definition) is 3. The lowest BCUT2D eigenvalue weighted by Crippen LogP contribution is -2.46. The Bertz CT molecular complexity index is 1080. The molecule has 3 rings (SSSR count). The van der Waals surface area contributed by atoms with Crippen molar-refractivity contribution in [2.24, 2.45) is 0 Å². The number of rotatable bonds is 9. The predicted molar refractivity (Wildman–Crippen MR) is 132 cm³/mol. The van der Waals surface area contributed by atoms with Crippen molar-refractivity contribution < 1.29 is 14.0 Å². The molecule has 0 aliphatic rings. The molecule has 3 aromatic rings. The van der Waals surface area contributed by atoms with E-state index in [0.29, 0.717) is 18.7 Å². The molecule has 1 unspecified atom stereocenters. The Hall–Kier alpha value is -2.99. The van der Waals surface area contributed by atoms with Gasteiger partial charge >= 0.3 is 0 Å². The van der Waals surface area contributed by atoms with Crippen LogP contribution in [0.15, 0.2) is 60.7 Å². The van der Waals surface area contributed by atoms with E-state index in [2.05, 4.69) is 0 Å². The van der Waals surface area contributed by atoms with E-state index >= 15 is 0 Å². The standard InChI is InChI=1S/C27H31FN2O2S/c1-5-20(3)30(27(32)23-11-6-19(2)7-12-23)18-26(31)29(17-25-15-8-21(4)33-25)16-22-9-13-24(28)14-10-22/h6-15,20H,5,16-18H2,1-4H3. The van der Waals surface area contributed by atoms with Gasteiger partial charge in [-0.3, -0.25) is 9.59 Å². The van der Waals surface area contributed by atoms with Crippen LogP contribution in [0.25, 0.3) is 0 Å². The lowest BCUT2D eigenvalue weighted by Gasteiger charge is -2.31. The van der Waals surface area contributed by atoms with Crippen molar-refractivity contribution >= 4 is 23.2 Å². The largest absolute Gasteiger partial charge is 0.332 e. The van der Waals surface area contributed by atoms with Crippen molar-refractivity contribution in [3.05, 3.63) is 92.9 Å². The highest BCUT2D eigenvalue weighted by Gasteiger charge is 2.26. The van der Waals surface area contributed by atoms with Gasteiger partial charge in [0.05, 0.1) is 6.54 Å². The third-order valence-corrected chi connectivity index (χ3v) is 6.76. The van der Waals surface area contributed by atoms with E-state index in [1.54, 1.807) is 33.3 Å². The Morgan fingerprint density at radius 1 is 0.939 bits per heavy atom. The van der Waals surface area contributed by atoms with Gasteiger partial charge < -0.3 is 9.80 Å². The van der Waals surface area contributed by atoms with Crippen LogP contribution in [0.5, 0.6) is 0 Å². The fourth-order valence-corrected chi connectivity index (χ4v) is 4.46. The van der Waals surface area contributed by atoms with Crippen LogP contribution >= 0.6 is 11.3 Å². The highest BCUT2D eigenvalue weighted by atomic mass is 32.1. The smallest absolute Gasteiger partial charge is 0.254 e. The monoisotopic (exact) mass is 466 g/mol. The van der Waals surface area contributed by atoms with Crippen LogP contribution in [-0.4, -0.2) is 34.2 Å². The van der Waals surface area contributed by atoms with E-state index in [1.807, 2.05) is 64.1 Å². The van der Waals surface area contributed by atoms with E-state index in [1.165, 1.54) is 17.0 Å². The first-order valence-electron chi connectivity index (χ1n) is 11.2. The molecule has 33 heavy (non-hydrogen) atoms. The van der Waals surface area contributed by atoms with Crippen molar-refractivity contribution in [3.8, 4) is 0 Å². The fraction of sp³-hybridized carbons (Fsp3) is 0.333. The van der Waals surface area contributed by atoms with Crippen molar-refractivity contribution in [2.45, 2.75) is 53.2 Å². The van der Waals surface area contributed by atoms with Crippen LogP contribution in [-0.2, 0) is 17.9 Å². The summed E-state index contributed by atoms with van der Waals surface area (Å²) in [6.07, 6.45) is 0.743. The molecule has 1 atom stereocenters. The molecule has 1 heterocycles. The van der Waals surface area contributed by atoms with Crippen LogP contribution in [0.1, 0.15) is 51.5 Å². The predicted octanol–water partition coefficient (Wildman–Crippen LogP) is 5.97. The minimum Gasteiger partial charge on any atom is -0.332 e. The van der Waals surface area contributed by atoms with Gasteiger partial charge in [0.25, 0.3) is 5.91 Å². The lowest BCUT2D eigenvalue weighted by molar-refractivity contribution is -0.133. The maximum absolute atomic E-state index is 13.5. The van der Waals surface area contributed by atoms with Crippen LogP contribution in [0.4, 0.5) is 4.39 Å². The summed E-state index contributed by atoms with van der Waals surface area (Å²) in [5.41, 5.74) is 2.50. The molecule has 0 saturated heterocycles. The minimum atomic E-state index is -0.308. The number of hydrogen-bond donors (Lipinski definition) is 0. The summed E-state index contributed by atoms with van der Waals surface area (Å²) in [5, 5.41) is 0. The first kappa shape index (κ1) is 24.6. The highest BCUT2D eigenvalue weighted by Crippen LogP contribution is 2.20. The first-order valence-corrected chi connectivity index (χ1v) is 12.0. The zero-order chi connectivity index (χ0) is 24.0. The summed E-state index contributed by atoms with van der Waals surface area (Å²) in [7, 11) is 0. The quantitative estimate of drug-likeness (QED) is 0.390. The molecule has 6 heteroatoms. The summed E-state index contributed by atoms with van der Waals surface area (Å²) >= 11 is 1.65. The van der Waals surface area contributed by atoms with Crippen molar-refractivity contribution in [1.82, 2.24) is 9.80 Å². The molecule has 2 amide bonds. The van der Waals surface area contributed by atoms with E-state index < -0.39 is 0 Å². The van der Waals surface area contributed by atoms with Gasteiger partial charge in [-0.1, -0.05) is 36.8 Å². The molecule has 0 spiro atoms. The summed E-state index contributed by atoms with van der Waals surface area (Å²) in [4.78, 5) is 32.4. The third-order valence-electron chi connectivity index (χ3n) is 5.77. The molecular formula is C27H31FN2O2S. The number of amides is 2. The van der Waals surface area contributed by atoms with Gasteiger partial charge in [0.1, 0.15) is 12.4 Å². The van der Waals surface area contributed by atoms with Gasteiger partial charge in [0, 0.05) is 27.9 Å². The average Bonchev–Trinajstić information content (AvgIpc) is 3.22. The van der Waals surface area contributed by atoms with Gasteiger partial charge in [0.2, 0.25) is 5.91 Å². The molecule has 1 aromatic heterocycles. The maximum atomic E-state index is 13.5. The summed E-state index contributed by atoms with van der Waals surface area (Å²) in [6, 6.07) is 17.6. The SMILES string of the molecule is CCC(C)N(CC(=O)N(Cc1ccc(F)cc1)Cc1ccc(C)s1)C(=O)c1ccc(C)cc1. The number of benzene rings is 2. The number of aryl methyl sites for hydroxylation is 2. The number of carbonyl (C=O) groups excluding carboxylic acids is 2. The second-order valence-electron chi connectivity index (χ2n) is 8.44. The van der Waals surface area contributed by atoms with Gasteiger partial charge in [0.15, 0.2) is 0 Å². The van der Waals surface area contributed by atoms with Gasteiger partial charge in [-0.05, 0) is 69.2 Å². The molecule has 4 nitrogen and oxygen atoms in total. The number of halogens is 1. The summed E-state index contributed by atoms with van der Waals surface area (Å²) < 4.78 is 13.4. The third kappa shape index (κ3) is 6.75. The zero-order valence-corrected chi connectivity index (χ0v) is 20.5. The Morgan fingerprint density at radius 3 is 2.18 bits per heavy atom. The Balaban J connectivity index is 1.83. The summed E-state index contributed by atoms with van der Waals surface area (Å²) in [6.45, 7) is 8.77. The molecule has 0 aliphatic heterocycles. The normalized spacial score (nSPS) is 11.8.